The average Bonchev–Trinajstić information content (AvgIpc) is 2.63. The maximum absolute atomic E-state index is 11.2. The van der Waals surface area contributed by atoms with Crippen molar-refractivity contribution in [2.24, 2.45) is 13.0 Å². The predicted molar refractivity (Wildman–Crippen MR) is 70.0 cm³/mol. The lowest BCUT2D eigenvalue weighted by Gasteiger charge is -2.34. The van der Waals surface area contributed by atoms with E-state index in [0.29, 0.717) is 11.5 Å². The maximum Gasteiger partial charge on any atom is 0.155 e. The van der Waals surface area contributed by atoms with E-state index >= 15 is 0 Å². The second-order valence-electron chi connectivity index (χ2n) is 5.13. The summed E-state index contributed by atoms with van der Waals surface area (Å²) in [5, 5.41) is 13.9. The van der Waals surface area contributed by atoms with Gasteiger partial charge in [-0.15, -0.1) is 0 Å². The van der Waals surface area contributed by atoms with E-state index in [1.165, 1.54) is 0 Å². The lowest BCUT2D eigenvalue weighted by atomic mass is 9.92. The van der Waals surface area contributed by atoms with Crippen LogP contribution in [0.2, 0.25) is 0 Å². The molecule has 0 aliphatic carbocycles. The molecule has 1 N–H and O–H groups in total. The molecule has 1 saturated heterocycles. The Morgan fingerprint density at radius 2 is 2.06 bits per heavy atom. The van der Waals surface area contributed by atoms with E-state index in [-0.39, 0.29) is 6.10 Å². The highest BCUT2D eigenvalue weighted by molar-refractivity contribution is 5.84. The minimum atomic E-state index is -0.244. The summed E-state index contributed by atoms with van der Waals surface area (Å²) in [5.74, 6) is 1.28. The monoisotopic (exact) mass is 251 g/mol. The minimum absolute atomic E-state index is 0.244. The minimum Gasteiger partial charge on any atom is -0.393 e. The van der Waals surface area contributed by atoms with Crippen molar-refractivity contribution in [1.82, 2.24) is 9.78 Å². The van der Waals surface area contributed by atoms with Gasteiger partial charge in [-0.2, -0.15) is 5.10 Å². The topological polar surface area (TPSA) is 58.4 Å². The van der Waals surface area contributed by atoms with Crippen LogP contribution in [0.25, 0.3) is 0 Å². The summed E-state index contributed by atoms with van der Waals surface area (Å²) in [4.78, 5) is 13.4. The summed E-state index contributed by atoms with van der Waals surface area (Å²) in [7, 11) is 1.87. The molecule has 0 radical (unpaired) electrons. The molecular formula is C13H21N3O2. The summed E-state index contributed by atoms with van der Waals surface area (Å²) in [6, 6.07) is 0. The Labute approximate surface area is 107 Å². The van der Waals surface area contributed by atoms with Crippen molar-refractivity contribution >= 4 is 12.1 Å². The second kappa shape index (κ2) is 5.10. The second-order valence-corrected chi connectivity index (χ2v) is 5.13. The van der Waals surface area contributed by atoms with Crippen molar-refractivity contribution in [3.63, 3.8) is 0 Å². The molecule has 2 heterocycles. The lowest BCUT2D eigenvalue weighted by molar-refractivity contribution is 0.109. The van der Waals surface area contributed by atoms with E-state index in [0.717, 1.165) is 43.7 Å². The molecule has 1 fully saturated rings. The molecule has 1 aromatic rings. The van der Waals surface area contributed by atoms with Crippen molar-refractivity contribution in [2.75, 3.05) is 18.0 Å². The molecule has 5 heteroatoms. The molecule has 5 nitrogen and oxygen atoms in total. The van der Waals surface area contributed by atoms with Crippen molar-refractivity contribution in [1.29, 1.82) is 0 Å². The zero-order chi connectivity index (χ0) is 13.3. The third kappa shape index (κ3) is 2.27. The Bertz CT molecular complexity index is 432. The standard InChI is InChI=1S/C13H21N3O2/c1-9-12(8-17)13(15(3)14-9)16-6-4-11(5-7-16)10(2)18/h8,10-11,18H,4-7H2,1-3H3. The van der Waals surface area contributed by atoms with Crippen LogP contribution in [-0.4, -0.2) is 40.4 Å². The normalized spacial score (nSPS) is 19.0. The molecule has 2 rings (SSSR count). The van der Waals surface area contributed by atoms with Gasteiger partial charge < -0.3 is 10.0 Å². The maximum atomic E-state index is 11.2. The molecule has 0 amide bonds. The van der Waals surface area contributed by atoms with Crippen LogP contribution in [0.1, 0.15) is 35.8 Å². The van der Waals surface area contributed by atoms with Crippen LogP contribution in [-0.2, 0) is 7.05 Å². The van der Waals surface area contributed by atoms with Gasteiger partial charge in [-0.05, 0) is 32.6 Å². The van der Waals surface area contributed by atoms with Gasteiger partial charge in [-0.1, -0.05) is 0 Å². The molecule has 0 bridgehead atoms. The molecular weight excluding hydrogens is 230 g/mol. The van der Waals surface area contributed by atoms with Gasteiger partial charge in [-0.3, -0.25) is 9.48 Å². The first kappa shape index (κ1) is 13.1. The van der Waals surface area contributed by atoms with Crippen LogP contribution in [0.3, 0.4) is 0 Å². The molecule has 18 heavy (non-hydrogen) atoms. The Morgan fingerprint density at radius 1 is 1.44 bits per heavy atom. The van der Waals surface area contributed by atoms with Crippen LogP contribution >= 0.6 is 0 Å². The number of aromatic nitrogens is 2. The van der Waals surface area contributed by atoms with Crippen molar-refractivity contribution in [3.05, 3.63) is 11.3 Å². The fourth-order valence-corrected chi connectivity index (χ4v) is 2.77. The molecule has 1 atom stereocenters. The number of carbonyl (C=O) groups excluding carboxylic acids is 1. The predicted octanol–water partition coefficient (Wildman–Crippen LogP) is 1.14. The van der Waals surface area contributed by atoms with Gasteiger partial charge >= 0.3 is 0 Å². The Hall–Kier alpha value is -1.36. The van der Waals surface area contributed by atoms with Crippen LogP contribution in [0.5, 0.6) is 0 Å². The van der Waals surface area contributed by atoms with Gasteiger partial charge in [0.2, 0.25) is 0 Å². The fourth-order valence-electron chi connectivity index (χ4n) is 2.77. The Balaban J connectivity index is 2.17. The van der Waals surface area contributed by atoms with E-state index in [4.69, 9.17) is 0 Å². The Morgan fingerprint density at radius 3 is 2.56 bits per heavy atom. The smallest absolute Gasteiger partial charge is 0.155 e. The van der Waals surface area contributed by atoms with E-state index in [1.54, 1.807) is 4.68 Å². The number of rotatable bonds is 3. The number of aliphatic hydroxyl groups excluding tert-OH is 1. The quantitative estimate of drug-likeness (QED) is 0.818. The van der Waals surface area contributed by atoms with E-state index in [9.17, 15) is 9.90 Å². The van der Waals surface area contributed by atoms with E-state index < -0.39 is 0 Å². The van der Waals surface area contributed by atoms with Gasteiger partial charge in [-0.25, -0.2) is 0 Å². The van der Waals surface area contributed by atoms with Crippen molar-refractivity contribution < 1.29 is 9.90 Å². The average molecular weight is 251 g/mol. The highest BCUT2D eigenvalue weighted by atomic mass is 16.3. The van der Waals surface area contributed by atoms with Crippen LogP contribution in [0, 0.1) is 12.8 Å². The Kier molecular flexibility index (Phi) is 3.71. The van der Waals surface area contributed by atoms with Crippen LogP contribution in [0.15, 0.2) is 0 Å². The number of hydrogen-bond acceptors (Lipinski definition) is 4. The highest BCUT2D eigenvalue weighted by Crippen LogP contribution is 2.28. The van der Waals surface area contributed by atoms with Gasteiger partial charge in [0.05, 0.1) is 17.4 Å². The third-order valence-electron chi connectivity index (χ3n) is 3.88. The van der Waals surface area contributed by atoms with Crippen molar-refractivity contribution in [3.8, 4) is 0 Å². The molecule has 0 spiro atoms. The molecule has 1 aromatic heterocycles. The summed E-state index contributed by atoms with van der Waals surface area (Å²) < 4.78 is 1.78. The number of aryl methyl sites for hydroxylation is 2. The molecule has 1 unspecified atom stereocenters. The molecule has 100 valence electrons. The summed E-state index contributed by atoms with van der Waals surface area (Å²) in [6.45, 7) is 5.45. The number of anilines is 1. The number of hydrogen-bond donors (Lipinski definition) is 1. The molecule has 0 aromatic carbocycles. The summed E-state index contributed by atoms with van der Waals surface area (Å²) >= 11 is 0. The lowest BCUT2D eigenvalue weighted by Crippen LogP contribution is -2.38. The van der Waals surface area contributed by atoms with E-state index in [2.05, 4.69) is 10.00 Å². The number of aliphatic hydroxyl groups is 1. The van der Waals surface area contributed by atoms with Gasteiger partial charge in [0.15, 0.2) is 6.29 Å². The highest BCUT2D eigenvalue weighted by Gasteiger charge is 2.26. The SMILES string of the molecule is Cc1nn(C)c(N2CCC(C(C)O)CC2)c1C=O. The van der Waals surface area contributed by atoms with Gasteiger partial charge in [0, 0.05) is 20.1 Å². The first-order chi connectivity index (χ1) is 8.54. The number of aldehydes is 1. The first-order valence-corrected chi connectivity index (χ1v) is 6.46. The van der Waals surface area contributed by atoms with Gasteiger partial charge in [0.25, 0.3) is 0 Å². The van der Waals surface area contributed by atoms with E-state index in [1.807, 2.05) is 20.9 Å². The largest absolute Gasteiger partial charge is 0.393 e. The number of nitrogens with zero attached hydrogens (tertiary/aromatic N) is 3. The summed E-state index contributed by atoms with van der Waals surface area (Å²) in [6.07, 6.45) is 2.56. The fraction of sp³-hybridized carbons (Fsp3) is 0.692. The zero-order valence-corrected chi connectivity index (χ0v) is 11.3. The molecule has 1 aliphatic rings. The zero-order valence-electron chi connectivity index (χ0n) is 11.3. The van der Waals surface area contributed by atoms with Gasteiger partial charge in [0.1, 0.15) is 5.82 Å². The first-order valence-electron chi connectivity index (χ1n) is 6.46. The molecule has 0 saturated carbocycles. The number of carbonyl (C=O) groups is 1. The molecule has 1 aliphatic heterocycles. The third-order valence-corrected chi connectivity index (χ3v) is 3.88. The summed E-state index contributed by atoms with van der Waals surface area (Å²) in [5.41, 5.74) is 1.47. The number of piperidine rings is 1. The van der Waals surface area contributed by atoms with Crippen LogP contribution in [0.4, 0.5) is 5.82 Å². The van der Waals surface area contributed by atoms with Crippen LogP contribution < -0.4 is 4.90 Å². The van der Waals surface area contributed by atoms with Crippen molar-refractivity contribution in [2.45, 2.75) is 32.8 Å².